The van der Waals surface area contributed by atoms with Gasteiger partial charge < -0.3 is 15.5 Å². The van der Waals surface area contributed by atoms with Crippen molar-refractivity contribution in [1.82, 2.24) is 20.4 Å². The van der Waals surface area contributed by atoms with Gasteiger partial charge in [0.2, 0.25) is 11.0 Å². The Balaban J connectivity index is 1.46. The van der Waals surface area contributed by atoms with Crippen LogP contribution in [0.1, 0.15) is 30.7 Å². The maximum atomic E-state index is 12.1. The number of hydrogen-bond donors (Lipinski definition) is 2. The molecule has 1 aromatic rings. The molecule has 8 heteroatoms. The van der Waals surface area contributed by atoms with Gasteiger partial charge in [-0.15, -0.1) is 10.2 Å². The Morgan fingerprint density at radius 3 is 2.48 bits per heavy atom. The van der Waals surface area contributed by atoms with Crippen molar-refractivity contribution in [2.24, 2.45) is 5.92 Å². The van der Waals surface area contributed by atoms with Crippen LogP contribution in [0.2, 0.25) is 0 Å². The molecular formula is C13H19N5O2S. The number of aromatic nitrogens is 2. The quantitative estimate of drug-likeness (QED) is 0.883. The Kier molecular flexibility index (Phi) is 4.05. The minimum Gasteiger partial charge on any atom is -0.335 e. The van der Waals surface area contributed by atoms with Crippen molar-refractivity contribution in [3.63, 3.8) is 0 Å². The molecule has 1 aliphatic heterocycles. The average Bonchev–Trinajstić information content (AvgIpc) is 3.20. The number of aryl methyl sites for hydroxylation is 1. The van der Waals surface area contributed by atoms with Crippen LogP contribution in [0.3, 0.4) is 0 Å². The first-order valence-corrected chi connectivity index (χ1v) is 8.10. The first kappa shape index (κ1) is 14.2. The zero-order chi connectivity index (χ0) is 14.8. The van der Waals surface area contributed by atoms with Crippen molar-refractivity contribution in [3.05, 3.63) is 5.01 Å². The molecule has 3 rings (SSSR count). The molecule has 2 aliphatic rings. The standard InChI is InChI=1S/C13H19N5O2S/c1-8-16-17-12(21-8)15-11(19)9-4-6-18(7-5-9)13(20)14-10-2-3-10/h9-10H,2-7H2,1H3,(H,14,20)(H,15,17,19). The predicted molar refractivity (Wildman–Crippen MR) is 79.1 cm³/mol. The summed E-state index contributed by atoms with van der Waals surface area (Å²) in [5, 5.41) is 14.9. The minimum absolute atomic E-state index is 0.0103. The molecule has 1 aliphatic carbocycles. The monoisotopic (exact) mass is 309 g/mol. The number of nitrogens with one attached hydrogen (secondary N) is 2. The number of amides is 3. The van der Waals surface area contributed by atoms with E-state index >= 15 is 0 Å². The number of piperidine rings is 1. The summed E-state index contributed by atoms with van der Waals surface area (Å²) in [5.41, 5.74) is 0. The molecule has 2 N–H and O–H groups in total. The van der Waals surface area contributed by atoms with E-state index in [2.05, 4.69) is 20.8 Å². The van der Waals surface area contributed by atoms with Gasteiger partial charge in [-0.25, -0.2) is 4.79 Å². The third kappa shape index (κ3) is 3.69. The first-order chi connectivity index (χ1) is 10.1. The lowest BCUT2D eigenvalue weighted by Gasteiger charge is -2.31. The van der Waals surface area contributed by atoms with Gasteiger partial charge in [0.1, 0.15) is 5.01 Å². The van der Waals surface area contributed by atoms with Crippen molar-refractivity contribution in [2.45, 2.75) is 38.6 Å². The number of anilines is 1. The molecule has 0 spiro atoms. The number of carbonyl (C=O) groups excluding carboxylic acids is 2. The normalized spacial score (nSPS) is 19.4. The van der Waals surface area contributed by atoms with Crippen LogP contribution in [0.4, 0.5) is 9.93 Å². The van der Waals surface area contributed by atoms with E-state index in [1.54, 1.807) is 4.90 Å². The highest BCUT2D eigenvalue weighted by atomic mass is 32.1. The number of rotatable bonds is 3. The molecule has 0 unspecified atom stereocenters. The van der Waals surface area contributed by atoms with Crippen molar-refractivity contribution in [3.8, 4) is 0 Å². The Labute approximate surface area is 127 Å². The van der Waals surface area contributed by atoms with Crippen molar-refractivity contribution in [1.29, 1.82) is 0 Å². The van der Waals surface area contributed by atoms with E-state index < -0.39 is 0 Å². The summed E-state index contributed by atoms with van der Waals surface area (Å²) in [5.74, 6) is -0.0763. The van der Waals surface area contributed by atoms with E-state index in [1.165, 1.54) is 11.3 Å². The van der Waals surface area contributed by atoms with E-state index in [-0.39, 0.29) is 17.9 Å². The van der Waals surface area contributed by atoms with Crippen LogP contribution in [-0.4, -0.2) is 46.2 Å². The fourth-order valence-corrected chi connectivity index (χ4v) is 2.99. The SMILES string of the molecule is Cc1nnc(NC(=O)C2CCN(C(=O)NC3CC3)CC2)s1. The molecule has 2 fully saturated rings. The molecule has 7 nitrogen and oxygen atoms in total. The largest absolute Gasteiger partial charge is 0.335 e. The van der Waals surface area contributed by atoms with Crippen molar-refractivity contribution < 1.29 is 9.59 Å². The van der Waals surface area contributed by atoms with Gasteiger partial charge in [-0.3, -0.25) is 4.79 Å². The van der Waals surface area contributed by atoms with Gasteiger partial charge in [-0.1, -0.05) is 11.3 Å². The van der Waals surface area contributed by atoms with Gasteiger partial charge in [0, 0.05) is 25.0 Å². The van der Waals surface area contributed by atoms with Crippen molar-refractivity contribution >= 4 is 28.4 Å². The lowest BCUT2D eigenvalue weighted by atomic mass is 9.96. The highest BCUT2D eigenvalue weighted by Crippen LogP contribution is 2.23. The molecule has 0 radical (unpaired) electrons. The number of carbonyl (C=O) groups is 2. The fourth-order valence-electron chi connectivity index (χ4n) is 2.39. The molecule has 1 saturated heterocycles. The maximum absolute atomic E-state index is 12.1. The maximum Gasteiger partial charge on any atom is 0.317 e. The summed E-state index contributed by atoms with van der Waals surface area (Å²) >= 11 is 1.37. The summed E-state index contributed by atoms with van der Waals surface area (Å²) in [4.78, 5) is 25.9. The summed E-state index contributed by atoms with van der Waals surface area (Å²) in [6.45, 7) is 3.11. The Hall–Kier alpha value is -1.70. The zero-order valence-electron chi connectivity index (χ0n) is 12.0. The van der Waals surface area contributed by atoms with E-state index in [1.807, 2.05) is 6.92 Å². The van der Waals surface area contributed by atoms with Gasteiger partial charge in [0.25, 0.3) is 0 Å². The second-order valence-corrected chi connectivity index (χ2v) is 6.78. The number of hydrogen-bond acceptors (Lipinski definition) is 5. The molecule has 114 valence electrons. The molecular weight excluding hydrogens is 290 g/mol. The summed E-state index contributed by atoms with van der Waals surface area (Å²) in [7, 11) is 0. The topological polar surface area (TPSA) is 87.2 Å². The second kappa shape index (κ2) is 5.97. The highest BCUT2D eigenvalue weighted by Gasteiger charge is 2.30. The van der Waals surface area contributed by atoms with Crippen LogP contribution in [0.5, 0.6) is 0 Å². The first-order valence-electron chi connectivity index (χ1n) is 7.28. The second-order valence-electron chi connectivity index (χ2n) is 5.60. The number of urea groups is 1. The Morgan fingerprint density at radius 1 is 1.19 bits per heavy atom. The highest BCUT2D eigenvalue weighted by molar-refractivity contribution is 7.15. The van der Waals surface area contributed by atoms with Crippen LogP contribution < -0.4 is 10.6 Å². The van der Waals surface area contributed by atoms with Gasteiger partial charge in [-0.2, -0.15) is 0 Å². The summed E-state index contributed by atoms with van der Waals surface area (Å²) in [6.07, 6.45) is 3.57. The smallest absolute Gasteiger partial charge is 0.317 e. The molecule has 21 heavy (non-hydrogen) atoms. The zero-order valence-corrected chi connectivity index (χ0v) is 12.8. The molecule has 0 atom stereocenters. The lowest BCUT2D eigenvalue weighted by Crippen LogP contribution is -2.46. The Morgan fingerprint density at radius 2 is 1.90 bits per heavy atom. The molecule has 1 aromatic heterocycles. The lowest BCUT2D eigenvalue weighted by molar-refractivity contribution is -0.121. The third-order valence-electron chi connectivity index (χ3n) is 3.81. The number of likely N-dealkylation sites (tertiary alicyclic amines) is 1. The van der Waals surface area contributed by atoms with Crippen LogP contribution in [0.15, 0.2) is 0 Å². The summed E-state index contributed by atoms with van der Waals surface area (Å²) < 4.78 is 0. The van der Waals surface area contributed by atoms with Crippen molar-refractivity contribution in [2.75, 3.05) is 18.4 Å². The van der Waals surface area contributed by atoms with Gasteiger partial charge in [0.15, 0.2) is 0 Å². The minimum atomic E-state index is -0.0563. The van der Waals surface area contributed by atoms with E-state index in [0.29, 0.717) is 37.1 Å². The van der Waals surface area contributed by atoms with Crippen LogP contribution in [0.25, 0.3) is 0 Å². The molecule has 1 saturated carbocycles. The summed E-state index contributed by atoms with van der Waals surface area (Å²) in [6, 6.07) is 0.385. The van der Waals surface area contributed by atoms with Gasteiger partial charge >= 0.3 is 6.03 Å². The number of nitrogens with zero attached hydrogens (tertiary/aromatic N) is 3. The van der Waals surface area contributed by atoms with Crippen LogP contribution >= 0.6 is 11.3 Å². The van der Waals surface area contributed by atoms with E-state index in [4.69, 9.17) is 0 Å². The average molecular weight is 309 g/mol. The molecule has 0 aromatic carbocycles. The van der Waals surface area contributed by atoms with Crippen LogP contribution in [-0.2, 0) is 4.79 Å². The van der Waals surface area contributed by atoms with Gasteiger partial charge in [0.05, 0.1) is 0 Å². The molecule has 0 bridgehead atoms. The van der Waals surface area contributed by atoms with Crippen LogP contribution in [0, 0.1) is 12.8 Å². The van der Waals surface area contributed by atoms with Gasteiger partial charge in [-0.05, 0) is 32.6 Å². The Bertz CT molecular complexity index is 534. The molecule has 3 amide bonds. The fraction of sp³-hybridized carbons (Fsp3) is 0.692. The third-order valence-corrected chi connectivity index (χ3v) is 4.57. The van der Waals surface area contributed by atoms with E-state index in [9.17, 15) is 9.59 Å². The molecule has 2 heterocycles. The van der Waals surface area contributed by atoms with E-state index in [0.717, 1.165) is 17.8 Å². The predicted octanol–water partition coefficient (Wildman–Crippen LogP) is 1.37.